The maximum Gasteiger partial charge on any atom is 1.00 e. The first-order valence-corrected chi connectivity index (χ1v) is 19.8. The number of aliphatic hydroxyl groups excluding tert-OH is 1. The van der Waals surface area contributed by atoms with Gasteiger partial charge in [-0.1, -0.05) is 100 Å². The van der Waals surface area contributed by atoms with Crippen molar-refractivity contribution < 1.29 is 157 Å². The summed E-state index contributed by atoms with van der Waals surface area (Å²) < 4.78 is 29.1. The van der Waals surface area contributed by atoms with Crippen molar-refractivity contribution in [3.05, 3.63) is 164 Å². The van der Waals surface area contributed by atoms with Crippen molar-refractivity contribution in [1.29, 1.82) is 0 Å². The zero-order valence-electron chi connectivity index (χ0n) is 38.6. The number of fused-ring (bicyclic) bond motifs is 4. The number of rotatable bonds is 10. The Hall–Kier alpha value is -4.21. The van der Waals surface area contributed by atoms with E-state index in [1.165, 1.54) is 19.1 Å². The first-order chi connectivity index (χ1) is 30.4. The van der Waals surface area contributed by atoms with Crippen molar-refractivity contribution in [2.45, 2.75) is 59.7 Å². The molecule has 8 rings (SSSR count). The molecule has 0 aliphatic heterocycles. The van der Waals surface area contributed by atoms with Crippen LogP contribution in [0.15, 0.2) is 140 Å². The van der Waals surface area contributed by atoms with Crippen LogP contribution in [0.1, 0.15) is 70.5 Å². The number of phenols is 1. The van der Waals surface area contributed by atoms with Gasteiger partial charge in [-0.15, -0.1) is 0 Å². The van der Waals surface area contributed by atoms with Crippen LogP contribution in [-0.2, 0) is 27.7 Å². The van der Waals surface area contributed by atoms with E-state index in [9.17, 15) is 19.5 Å². The molecular formula is C50H48K2O13. The second-order valence-electron chi connectivity index (χ2n) is 14.6. The summed E-state index contributed by atoms with van der Waals surface area (Å²) in [6.45, 7) is 9.42. The van der Waals surface area contributed by atoms with Crippen molar-refractivity contribution in [1.82, 2.24) is 0 Å². The molecule has 65 heavy (non-hydrogen) atoms. The van der Waals surface area contributed by atoms with E-state index in [1.54, 1.807) is 24.3 Å². The Morgan fingerprint density at radius 2 is 1.06 bits per heavy atom. The molecule has 0 saturated heterocycles. The van der Waals surface area contributed by atoms with Gasteiger partial charge in [0, 0.05) is 48.8 Å². The first-order valence-electron chi connectivity index (χ1n) is 19.8. The average molecular weight is 935 g/mol. The van der Waals surface area contributed by atoms with Crippen LogP contribution in [-0.4, -0.2) is 29.8 Å². The molecular weight excluding hydrogens is 887 g/mol. The maximum atomic E-state index is 12.7. The zero-order valence-corrected chi connectivity index (χ0v) is 43.8. The molecule has 0 bridgehead atoms. The minimum Gasteiger partial charge on any atom is -1.00 e. The number of aliphatic hydroxyl groups is 1. The molecule has 0 radical (unpaired) electrons. The number of carbonyl (C=O) groups is 2. The van der Waals surface area contributed by atoms with Gasteiger partial charge < -0.3 is 44.8 Å². The van der Waals surface area contributed by atoms with Crippen LogP contribution in [0.5, 0.6) is 23.0 Å². The van der Waals surface area contributed by atoms with E-state index < -0.39 is 5.97 Å². The number of hydrogen-bond acceptors (Lipinski definition) is 13. The summed E-state index contributed by atoms with van der Waals surface area (Å²) in [6.07, 6.45) is 0. The van der Waals surface area contributed by atoms with Gasteiger partial charge in [-0.2, -0.15) is 0 Å². The number of phenolic OH excluding ortho intramolecular Hbond substituents is 1. The fraction of sp³-hybridized carbons (Fsp3) is 0.200. The summed E-state index contributed by atoms with van der Waals surface area (Å²) in [4.78, 5) is 47.8. The Kier molecular flexibility index (Phi) is 22.7. The molecule has 0 fully saturated rings. The number of carbonyl (C=O) groups excluding carboxylic acids is 2. The summed E-state index contributed by atoms with van der Waals surface area (Å²) in [7, 11) is 1.00. The van der Waals surface area contributed by atoms with E-state index in [-0.39, 0.29) is 169 Å². The van der Waals surface area contributed by atoms with Gasteiger partial charge in [0.15, 0.2) is 10.9 Å². The molecule has 328 valence electrons. The zero-order chi connectivity index (χ0) is 45.6. The van der Waals surface area contributed by atoms with Crippen molar-refractivity contribution in [2.75, 3.05) is 7.11 Å². The predicted molar refractivity (Wildman–Crippen MR) is 239 cm³/mol. The normalized spacial score (nSPS) is 10.3. The van der Waals surface area contributed by atoms with Crippen LogP contribution < -0.4 is 133 Å². The molecule has 2 heterocycles. The molecule has 0 amide bonds. The molecule has 2 N–H and O–H groups in total. The summed E-state index contributed by atoms with van der Waals surface area (Å²) in [5.74, 6) is 2.41. The van der Waals surface area contributed by atoms with Gasteiger partial charge in [0.25, 0.3) is 6.47 Å². The van der Waals surface area contributed by atoms with E-state index in [0.29, 0.717) is 22.7 Å². The molecule has 6 aromatic carbocycles. The van der Waals surface area contributed by atoms with Crippen LogP contribution in [0.2, 0.25) is 0 Å². The smallest absolute Gasteiger partial charge is 1.00 e. The van der Waals surface area contributed by atoms with Crippen LogP contribution in [0, 0.1) is 0 Å². The number of ether oxygens (including phenoxy) is 3. The predicted octanol–water partition coefficient (Wildman–Crippen LogP) is 3.09. The molecule has 0 atom stereocenters. The minimum absolute atomic E-state index is 0. The standard InChI is InChI=1S/C25H22O5.C23H20O4.CH2O3.CH4O.2K.H/c1-15(2)22-13-20(27)25-23(29-16(3)26)11-17(12-24(25)30-22)14-28-21-10-6-8-18-7-4-5-9-19(18)21;1-14(2)21-12-19(25)23-18(24)10-15(11-22(23)27-21)13-26-20-9-5-7-16-6-3-4-8-17(16)20;2-1-4-3;1-2;;;/h4-13,15H,14H2,1-3H3;3-12,14,24H,13H2,1-2H3;1,3H;2H,1H3;;;/q;;;;2*+1;-1/p-1. The van der Waals surface area contributed by atoms with Gasteiger partial charge in [0.1, 0.15) is 69.7 Å². The fourth-order valence-electron chi connectivity index (χ4n) is 6.60. The van der Waals surface area contributed by atoms with Gasteiger partial charge >= 0.3 is 109 Å². The van der Waals surface area contributed by atoms with E-state index in [4.69, 9.17) is 38.2 Å². The van der Waals surface area contributed by atoms with E-state index in [1.807, 2.05) is 113 Å². The molecule has 0 spiro atoms. The third-order valence-corrected chi connectivity index (χ3v) is 9.48. The fourth-order valence-corrected chi connectivity index (χ4v) is 6.60. The van der Waals surface area contributed by atoms with Gasteiger partial charge in [-0.3, -0.25) is 19.2 Å². The number of hydrogen-bond donors (Lipinski definition) is 2. The SMILES string of the molecule is CC(=O)Oc1cc(COc2cccc3ccccc23)cc2oc(C(C)C)cc(=O)c12.CC(C)c1cc(=O)c2c(O)cc(COc3cccc4ccccc34)cc2o1.CO.O=CO[O-].[H-].[K+].[K+]. The van der Waals surface area contributed by atoms with Crippen molar-refractivity contribution in [3.8, 4) is 23.0 Å². The van der Waals surface area contributed by atoms with Gasteiger partial charge in [-0.05, 0) is 58.3 Å². The largest absolute Gasteiger partial charge is 1.00 e. The van der Waals surface area contributed by atoms with Crippen molar-refractivity contribution in [3.63, 3.8) is 0 Å². The second kappa shape index (κ2) is 26.8. The molecule has 8 aromatic rings. The minimum atomic E-state index is -0.504. The molecule has 13 nitrogen and oxygen atoms in total. The van der Waals surface area contributed by atoms with Gasteiger partial charge in [-0.25, -0.2) is 0 Å². The third kappa shape index (κ3) is 14.6. The second-order valence-corrected chi connectivity index (χ2v) is 14.6. The summed E-state index contributed by atoms with van der Waals surface area (Å²) in [5.41, 5.74) is 1.74. The Labute approximate surface area is 461 Å². The molecule has 0 saturated carbocycles. The first kappa shape index (κ1) is 55.1. The summed E-state index contributed by atoms with van der Waals surface area (Å²) >= 11 is 0. The maximum absolute atomic E-state index is 12.7. The molecule has 0 aliphatic rings. The van der Waals surface area contributed by atoms with Gasteiger partial charge in [0.05, 0.1) is 0 Å². The van der Waals surface area contributed by atoms with E-state index in [2.05, 4.69) is 4.89 Å². The summed E-state index contributed by atoms with van der Waals surface area (Å²) in [5, 5.41) is 30.4. The number of benzene rings is 6. The Bertz CT molecular complexity index is 2970. The van der Waals surface area contributed by atoms with Crippen molar-refractivity contribution in [2.24, 2.45) is 0 Å². The quantitative estimate of drug-likeness (QED) is 0.0508. The molecule has 0 aliphatic carbocycles. The van der Waals surface area contributed by atoms with Crippen LogP contribution in [0.25, 0.3) is 43.5 Å². The van der Waals surface area contributed by atoms with Gasteiger partial charge in [0.2, 0.25) is 0 Å². The topological polar surface area (TPSA) is 195 Å². The molecule has 0 unspecified atom stereocenters. The Morgan fingerprint density at radius 1 is 0.646 bits per heavy atom. The Morgan fingerprint density at radius 3 is 1.51 bits per heavy atom. The van der Waals surface area contributed by atoms with E-state index in [0.717, 1.165) is 51.3 Å². The average Bonchev–Trinajstić information content (AvgIpc) is 3.27. The van der Waals surface area contributed by atoms with Crippen LogP contribution in [0.4, 0.5) is 0 Å². The number of esters is 1. The van der Waals surface area contributed by atoms with E-state index >= 15 is 0 Å². The van der Waals surface area contributed by atoms with Crippen LogP contribution in [0.3, 0.4) is 0 Å². The van der Waals surface area contributed by atoms with Crippen molar-refractivity contribution >= 4 is 55.9 Å². The summed E-state index contributed by atoms with van der Waals surface area (Å²) in [6, 6.07) is 37.4. The third-order valence-electron chi connectivity index (χ3n) is 9.48. The Balaban J connectivity index is 0.000000391. The molecule has 15 heteroatoms. The number of aromatic hydroxyl groups is 1. The molecule has 2 aromatic heterocycles. The van der Waals surface area contributed by atoms with Crippen LogP contribution >= 0.6 is 0 Å². The monoisotopic (exact) mass is 934 g/mol.